The normalized spacial score (nSPS) is 11.4. The molecule has 0 aliphatic heterocycles. The average molecular weight is 476 g/mol. The molecule has 0 aromatic heterocycles. The maximum atomic E-state index is 11.6. The Morgan fingerprint density at radius 3 is 2.27 bits per heavy atom. The number of amides is 1. The van der Waals surface area contributed by atoms with Crippen molar-refractivity contribution in [3.05, 3.63) is 35.4 Å². The van der Waals surface area contributed by atoms with E-state index < -0.39 is 5.60 Å². The molecule has 1 amide bonds. The molecule has 1 aromatic carbocycles. The van der Waals surface area contributed by atoms with Gasteiger partial charge in [-0.3, -0.25) is 4.99 Å². The summed E-state index contributed by atoms with van der Waals surface area (Å²) >= 11 is 0. The van der Waals surface area contributed by atoms with Gasteiger partial charge < -0.3 is 20.3 Å². The van der Waals surface area contributed by atoms with Crippen LogP contribution >= 0.6 is 24.0 Å². The van der Waals surface area contributed by atoms with Gasteiger partial charge in [-0.15, -0.1) is 24.0 Å². The van der Waals surface area contributed by atoms with Gasteiger partial charge in [-0.2, -0.15) is 0 Å². The third-order valence-electron chi connectivity index (χ3n) is 3.42. The number of nitrogens with zero attached hydrogens (tertiary/aromatic N) is 2. The fourth-order valence-corrected chi connectivity index (χ4v) is 2.22. The molecule has 0 bridgehead atoms. The van der Waals surface area contributed by atoms with Crippen LogP contribution in [0.25, 0.3) is 0 Å². The Balaban J connectivity index is 0.00000625. The quantitative estimate of drug-likeness (QED) is 0.285. The lowest BCUT2D eigenvalue weighted by molar-refractivity contribution is 0.0527. The summed E-state index contributed by atoms with van der Waals surface area (Å²) in [6.07, 6.45) is 0.407. The molecule has 0 atom stereocenters. The number of halogens is 1. The average Bonchev–Trinajstić information content (AvgIpc) is 2.51. The molecule has 0 saturated carbocycles. The number of benzene rings is 1. The zero-order chi connectivity index (χ0) is 18.9. The van der Waals surface area contributed by atoms with Crippen LogP contribution in [0.2, 0.25) is 0 Å². The Labute approximate surface area is 174 Å². The molecule has 0 unspecified atom stereocenters. The predicted molar refractivity (Wildman–Crippen MR) is 118 cm³/mol. The summed E-state index contributed by atoms with van der Waals surface area (Å²) in [7, 11) is 3.78. The second kappa shape index (κ2) is 12.0. The van der Waals surface area contributed by atoms with Gasteiger partial charge in [0, 0.05) is 33.7 Å². The minimum atomic E-state index is -0.469. The molecule has 2 N–H and O–H groups in total. The Hall–Kier alpha value is -1.51. The number of carbonyl (C=O) groups is 1. The van der Waals surface area contributed by atoms with Crippen molar-refractivity contribution < 1.29 is 9.53 Å². The lowest BCUT2D eigenvalue weighted by Crippen LogP contribution is -2.40. The van der Waals surface area contributed by atoms with Gasteiger partial charge in [0.2, 0.25) is 0 Å². The first-order chi connectivity index (χ1) is 11.7. The lowest BCUT2D eigenvalue weighted by atomic mass is 10.1. The van der Waals surface area contributed by atoms with Crippen LogP contribution in [0.3, 0.4) is 0 Å². The maximum absolute atomic E-state index is 11.6. The molecule has 1 aromatic rings. The van der Waals surface area contributed by atoms with Crippen molar-refractivity contribution in [2.45, 2.75) is 46.3 Å². The fourth-order valence-electron chi connectivity index (χ4n) is 2.22. The zero-order valence-electron chi connectivity index (χ0n) is 16.8. The van der Waals surface area contributed by atoms with E-state index in [4.69, 9.17) is 4.74 Å². The molecule has 0 heterocycles. The fraction of sp³-hybridized carbons (Fsp3) is 0.579. The van der Waals surface area contributed by atoms with Crippen LogP contribution < -0.4 is 10.6 Å². The molecule has 0 saturated heterocycles. The van der Waals surface area contributed by atoms with Crippen LogP contribution in [-0.2, 0) is 11.3 Å². The standard InChI is InChI=1S/C19H32N4O2.HI/c1-15-8-10-16(11-9-15)14-23(6)17(20-5)21-12-7-13-22-18(24)25-19(2,3)4;/h8-11H,7,12-14H2,1-6H3,(H,20,21)(H,22,24);1H. The van der Waals surface area contributed by atoms with Crippen LogP contribution in [0.5, 0.6) is 0 Å². The van der Waals surface area contributed by atoms with Crippen molar-refractivity contribution in [1.29, 1.82) is 0 Å². The van der Waals surface area contributed by atoms with Crippen molar-refractivity contribution in [3.63, 3.8) is 0 Å². The van der Waals surface area contributed by atoms with Gasteiger partial charge in [0.15, 0.2) is 5.96 Å². The van der Waals surface area contributed by atoms with Crippen LogP contribution in [0.4, 0.5) is 4.79 Å². The molecule has 148 valence electrons. The molecular weight excluding hydrogens is 443 g/mol. The smallest absolute Gasteiger partial charge is 0.407 e. The van der Waals surface area contributed by atoms with Gasteiger partial charge in [-0.1, -0.05) is 29.8 Å². The van der Waals surface area contributed by atoms with E-state index in [0.29, 0.717) is 6.54 Å². The highest BCUT2D eigenvalue weighted by molar-refractivity contribution is 14.0. The number of carbonyl (C=O) groups excluding carboxylic acids is 1. The molecule has 6 nitrogen and oxygen atoms in total. The molecule has 0 aliphatic rings. The summed E-state index contributed by atoms with van der Waals surface area (Å²) in [6, 6.07) is 8.48. The highest BCUT2D eigenvalue weighted by Gasteiger charge is 2.15. The number of aryl methyl sites for hydroxylation is 1. The molecule has 0 fully saturated rings. The van der Waals surface area contributed by atoms with E-state index in [-0.39, 0.29) is 30.1 Å². The number of alkyl carbamates (subject to hydrolysis) is 1. The van der Waals surface area contributed by atoms with E-state index in [0.717, 1.165) is 25.5 Å². The summed E-state index contributed by atoms with van der Waals surface area (Å²) in [5.41, 5.74) is 2.03. The number of guanidine groups is 1. The summed E-state index contributed by atoms with van der Waals surface area (Å²) in [4.78, 5) is 17.9. The number of hydrogen-bond donors (Lipinski definition) is 2. The van der Waals surface area contributed by atoms with Crippen molar-refractivity contribution in [2.75, 3.05) is 27.2 Å². The van der Waals surface area contributed by atoms with Crippen LogP contribution in [0, 0.1) is 6.92 Å². The maximum Gasteiger partial charge on any atom is 0.407 e. The largest absolute Gasteiger partial charge is 0.444 e. The van der Waals surface area contributed by atoms with Gasteiger partial charge in [0.05, 0.1) is 0 Å². The van der Waals surface area contributed by atoms with E-state index in [1.807, 2.05) is 27.8 Å². The van der Waals surface area contributed by atoms with Crippen LogP contribution in [0.1, 0.15) is 38.3 Å². The van der Waals surface area contributed by atoms with E-state index in [2.05, 4.69) is 51.7 Å². The number of rotatable bonds is 6. The third kappa shape index (κ3) is 10.5. The molecule has 1 rings (SSSR count). The van der Waals surface area contributed by atoms with Crippen molar-refractivity contribution in [1.82, 2.24) is 15.5 Å². The van der Waals surface area contributed by atoms with E-state index in [9.17, 15) is 4.79 Å². The first-order valence-electron chi connectivity index (χ1n) is 8.65. The van der Waals surface area contributed by atoms with Gasteiger partial charge in [-0.05, 0) is 39.7 Å². The molecule has 0 aliphatic carbocycles. The molecule has 7 heteroatoms. The summed E-state index contributed by atoms with van der Waals surface area (Å²) in [5, 5.41) is 6.06. The Kier molecular flexibility index (Phi) is 11.3. The molecule has 0 radical (unpaired) electrons. The zero-order valence-corrected chi connectivity index (χ0v) is 19.1. The summed E-state index contributed by atoms with van der Waals surface area (Å²) in [6.45, 7) is 9.70. The van der Waals surface area contributed by atoms with Gasteiger partial charge >= 0.3 is 6.09 Å². The first kappa shape index (κ1) is 24.5. The molecule has 0 spiro atoms. The minimum absolute atomic E-state index is 0. The first-order valence-corrected chi connectivity index (χ1v) is 8.65. The second-order valence-electron chi connectivity index (χ2n) is 7.10. The van der Waals surface area contributed by atoms with Crippen molar-refractivity contribution >= 4 is 36.0 Å². The second-order valence-corrected chi connectivity index (χ2v) is 7.10. The van der Waals surface area contributed by atoms with Crippen molar-refractivity contribution in [2.24, 2.45) is 4.99 Å². The number of hydrogen-bond acceptors (Lipinski definition) is 3. The SMILES string of the molecule is CN=C(NCCCNC(=O)OC(C)(C)C)N(C)Cc1ccc(C)cc1.I. The summed E-state index contributed by atoms with van der Waals surface area (Å²) < 4.78 is 5.20. The lowest BCUT2D eigenvalue weighted by Gasteiger charge is -2.22. The van der Waals surface area contributed by atoms with Crippen LogP contribution in [0.15, 0.2) is 29.3 Å². The Morgan fingerprint density at radius 1 is 1.15 bits per heavy atom. The molecular formula is C19H33IN4O2. The van der Waals surface area contributed by atoms with E-state index >= 15 is 0 Å². The Bertz CT molecular complexity index is 568. The highest BCUT2D eigenvalue weighted by Crippen LogP contribution is 2.07. The Morgan fingerprint density at radius 2 is 1.73 bits per heavy atom. The monoisotopic (exact) mass is 476 g/mol. The third-order valence-corrected chi connectivity index (χ3v) is 3.42. The van der Waals surface area contributed by atoms with E-state index in [1.54, 1.807) is 7.05 Å². The number of aliphatic imine (C=N–C) groups is 1. The minimum Gasteiger partial charge on any atom is -0.444 e. The summed E-state index contributed by atoms with van der Waals surface area (Å²) in [5.74, 6) is 0.831. The van der Waals surface area contributed by atoms with Gasteiger partial charge in [0.25, 0.3) is 0 Å². The highest BCUT2D eigenvalue weighted by atomic mass is 127. The van der Waals surface area contributed by atoms with Gasteiger partial charge in [-0.25, -0.2) is 4.79 Å². The predicted octanol–water partition coefficient (Wildman–Crippen LogP) is 3.54. The van der Waals surface area contributed by atoms with Gasteiger partial charge in [0.1, 0.15) is 5.60 Å². The van der Waals surface area contributed by atoms with E-state index in [1.165, 1.54) is 11.1 Å². The van der Waals surface area contributed by atoms with Crippen molar-refractivity contribution in [3.8, 4) is 0 Å². The number of ether oxygens (including phenoxy) is 1. The number of nitrogens with one attached hydrogen (secondary N) is 2. The van der Waals surface area contributed by atoms with Crippen LogP contribution in [-0.4, -0.2) is 49.7 Å². The molecule has 26 heavy (non-hydrogen) atoms. The topological polar surface area (TPSA) is 66.0 Å².